The van der Waals surface area contributed by atoms with Crippen molar-refractivity contribution in [3.8, 4) is 0 Å². The maximum atomic E-state index is 14.5. The predicted octanol–water partition coefficient (Wildman–Crippen LogP) is 7.64. The van der Waals surface area contributed by atoms with Crippen LogP contribution in [0.3, 0.4) is 0 Å². The number of carbonyl (C=O) groups is 5. The van der Waals surface area contributed by atoms with Crippen LogP contribution in [-0.2, 0) is 47.6 Å². The summed E-state index contributed by atoms with van der Waals surface area (Å²) in [6.45, 7) is 12.3. The molecule has 2 fully saturated rings. The van der Waals surface area contributed by atoms with Crippen LogP contribution in [0.15, 0.2) is 72.9 Å². The molecular weight excluding hydrogens is 743 g/mol. The Morgan fingerprint density at radius 1 is 0.966 bits per heavy atom. The first-order chi connectivity index (χ1) is 27.7. The van der Waals surface area contributed by atoms with Gasteiger partial charge in [-0.25, -0.2) is 4.79 Å². The van der Waals surface area contributed by atoms with E-state index in [0.29, 0.717) is 24.9 Å². The molecule has 2 saturated heterocycles. The van der Waals surface area contributed by atoms with Gasteiger partial charge in [-0.1, -0.05) is 69.3 Å². The Bertz CT molecular complexity index is 1930. The van der Waals surface area contributed by atoms with Crippen molar-refractivity contribution in [2.75, 3.05) is 6.61 Å². The Morgan fingerprint density at radius 2 is 1.69 bits per heavy atom. The summed E-state index contributed by atoms with van der Waals surface area (Å²) in [6, 6.07) is 18.4. The summed E-state index contributed by atoms with van der Waals surface area (Å²) in [7, 11) is 0. The number of cyclic esters (lactones) is 1. The third-order valence-corrected chi connectivity index (χ3v) is 11.5. The minimum atomic E-state index is -1.34. The Hall–Kier alpha value is -4.78. The van der Waals surface area contributed by atoms with Crippen molar-refractivity contribution in [3.05, 3.63) is 84.1 Å². The van der Waals surface area contributed by atoms with Crippen LogP contribution in [0.1, 0.15) is 103 Å². The van der Waals surface area contributed by atoms with E-state index in [9.17, 15) is 24.0 Å². The molecule has 0 radical (unpaired) electrons. The maximum absolute atomic E-state index is 14.5. The molecule has 0 N–H and O–H groups in total. The predicted molar refractivity (Wildman–Crippen MR) is 216 cm³/mol. The Labute approximate surface area is 340 Å². The van der Waals surface area contributed by atoms with E-state index in [2.05, 4.69) is 4.98 Å². The SMILES string of the molecule is CC[C@H]1OC(=O)[C@H](C)C(=O)[C@H](C)[C@@H](O[C@@H]2O[C@H](C)CC[C@H]2OC(=O)c2ccccc2)[C@](C)(OC/C=C/c2cnc3ccccc3c2)CCC(=O)[C@H](C)C[C@]1(C)OC=O. The number of Topliss-reactive ketones (excluding diaryl/α,β-unsaturated/α-hetero) is 2. The minimum absolute atomic E-state index is 0.0222. The van der Waals surface area contributed by atoms with Crippen LogP contribution in [0.25, 0.3) is 17.0 Å². The lowest BCUT2D eigenvalue weighted by Crippen LogP contribution is -2.56. The van der Waals surface area contributed by atoms with Gasteiger partial charge in [0, 0.05) is 36.3 Å². The first-order valence-corrected chi connectivity index (χ1v) is 20.3. The average Bonchev–Trinajstić information content (AvgIpc) is 3.22. The molecule has 12 nitrogen and oxygen atoms in total. The standard InChI is InChI=1S/C46H57NO11/c1-8-39-46(7,54-28-48)26-29(2)37(49)22-23-45(6,53-24-14-15-33-25-35-18-12-13-19-36(35)47-27-33)41(31(4)40(50)32(5)42(51)57-39)58-44-38(21-20-30(3)55-44)56-43(52)34-16-10-9-11-17-34/h9-19,25,27-32,38-39,41,44H,8,20-24,26H2,1-7H3/b15-14+/t29-,30-,31+,32-,38-,39-,41-,44+,45-,46+/m1/s1. The van der Waals surface area contributed by atoms with E-state index >= 15 is 0 Å². The quantitative estimate of drug-likeness (QED) is 0.0811. The number of fused-ring (bicyclic) bond motifs is 1. The van der Waals surface area contributed by atoms with E-state index in [-0.39, 0.29) is 44.2 Å². The van der Waals surface area contributed by atoms with Crippen molar-refractivity contribution in [3.63, 3.8) is 0 Å². The molecule has 2 aliphatic rings. The van der Waals surface area contributed by atoms with Gasteiger partial charge < -0.3 is 28.4 Å². The van der Waals surface area contributed by atoms with Gasteiger partial charge in [-0.05, 0) is 83.2 Å². The molecule has 0 spiro atoms. The number of carbonyl (C=O) groups excluding carboxylic acids is 5. The highest BCUT2D eigenvalue weighted by molar-refractivity contribution is 6.00. The molecule has 12 heteroatoms. The third-order valence-electron chi connectivity index (χ3n) is 11.5. The molecule has 312 valence electrons. The lowest BCUT2D eigenvalue weighted by Gasteiger charge is -2.45. The molecule has 5 rings (SSSR count). The summed E-state index contributed by atoms with van der Waals surface area (Å²) in [5.41, 5.74) is -0.576. The van der Waals surface area contributed by atoms with Gasteiger partial charge in [0.2, 0.25) is 0 Å². The zero-order valence-corrected chi connectivity index (χ0v) is 34.6. The number of nitrogens with zero attached hydrogens (tertiary/aromatic N) is 1. The van der Waals surface area contributed by atoms with Crippen molar-refractivity contribution >= 4 is 47.0 Å². The highest BCUT2D eigenvalue weighted by Crippen LogP contribution is 2.38. The Balaban J connectivity index is 1.52. The van der Waals surface area contributed by atoms with Gasteiger partial charge in [0.15, 0.2) is 18.2 Å². The number of rotatable bonds is 11. The molecule has 0 unspecified atom stereocenters. The zero-order chi connectivity index (χ0) is 42.0. The van der Waals surface area contributed by atoms with Crippen LogP contribution in [0.2, 0.25) is 0 Å². The average molecular weight is 800 g/mol. The number of hydrogen-bond acceptors (Lipinski definition) is 12. The van der Waals surface area contributed by atoms with Crippen LogP contribution in [0, 0.1) is 17.8 Å². The number of aromatic nitrogens is 1. The van der Waals surface area contributed by atoms with Crippen LogP contribution in [0.4, 0.5) is 0 Å². The van der Waals surface area contributed by atoms with E-state index in [0.717, 1.165) is 16.5 Å². The number of pyridine rings is 1. The smallest absolute Gasteiger partial charge is 0.338 e. The van der Waals surface area contributed by atoms with Gasteiger partial charge in [-0.3, -0.25) is 24.2 Å². The van der Waals surface area contributed by atoms with E-state index < -0.39 is 71.3 Å². The largest absolute Gasteiger partial charge is 0.458 e. The number of ether oxygens (including phenoxy) is 6. The topological polar surface area (TPSA) is 154 Å². The second-order valence-corrected chi connectivity index (χ2v) is 16.1. The highest BCUT2D eigenvalue weighted by atomic mass is 16.7. The molecule has 10 atom stereocenters. The lowest BCUT2D eigenvalue weighted by atomic mass is 9.78. The van der Waals surface area contributed by atoms with Gasteiger partial charge in [0.25, 0.3) is 6.47 Å². The van der Waals surface area contributed by atoms with Crippen molar-refractivity contribution in [1.29, 1.82) is 0 Å². The molecule has 0 amide bonds. The molecule has 1 aromatic heterocycles. The van der Waals surface area contributed by atoms with Gasteiger partial charge in [-0.15, -0.1) is 0 Å². The molecule has 3 aromatic rings. The number of ketones is 2. The van der Waals surface area contributed by atoms with Gasteiger partial charge in [-0.2, -0.15) is 0 Å². The monoisotopic (exact) mass is 799 g/mol. The zero-order valence-electron chi connectivity index (χ0n) is 34.6. The number of para-hydroxylation sites is 1. The lowest BCUT2D eigenvalue weighted by molar-refractivity contribution is -0.285. The fourth-order valence-electron chi connectivity index (χ4n) is 8.01. The Kier molecular flexibility index (Phi) is 15.1. The second-order valence-electron chi connectivity index (χ2n) is 16.1. The van der Waals surface area contributed by atoms with E-state index in [1.54, 1.807) is 71.1 Å². The Morgan fingerprint density at radius 3 is 2.41 bits per heavy atom. The fourth-order valence-corrected chi connectivity index (χ4v) is 8.01. The minimum Gasteiger partial charge on any atom is -0.458 e. The summed E-state index contributed by atoms with van der Waals surface area (Å²) in [5, 5.41) is 0.980. The fraction of sp³-hybridized carbons (Fsp3) is 0.522. The summed E-state index contributed by atoms with van der Waals surface area (Å²) < 4.78 is 37.3. The molecule has 3 heterocycles. The van der Waals surface area contributed by atoms with E-state index in [1.165, 1.54) is 6.92 Å². The van der Waals surface area contributed by atoms with Crippen molar-refractivity contribution < 1.29 is 52.4 Å². The van der Waals surface area contributed by atoms with Crippen molar-refractivity contribution in [2.45, 2.75) is 129 Å². The first kappa shape index (κ1) is 44.3. The number of hydrogen-bond donors (Lipinski definition) is 0. The molecule has 2 aliphatic heterocycles. The summed E-state index contributed by atoms with van der Waals surface area (Å²) >= 11 is 0. The van der Waals surface area contributed by atoms with Crippen molar-refractivity contribution in [1.82, 2.24) is 4.98 Å². The molecule has 0 saturated carbocycles. The normalized spacial score (nSPS) is 31.7. The highest BCUT2D eigenvalue weighted by Gasteiger charge is 2.49. The van der Waals surface area contributed by atoms with E-state index in [4.69, 9.17) is 28.4 Å². The molecule has 58 heavy (non-hydrogen) atoms. The maximum Gasteiger partial charge on any atom is 0.338 e. The van der Waals surface area contributed by atoms with Crippen molar-refractivity contribution in [2.24, 2.45) is 17.8 Å². The third kappa shape index (κ3) is 10.8. The molecule has 0 bridgehead atoms. The van der Waals surface area contributed by atoms with Crippen LogP contribution in [-0.4, -0.2) is 83.5 Å². The first-order valence-electron chi connectivity index (χ1n) is 20.3. The van der Waals surface area contributed by atoms with Crippen LogP contribution in [0.5, 0.6) is 0 Å². The summed E-state index contributed by atoms with van der Waals surface area (Å²) in [6.07, 6.45) is 2.74. The number of esters is 2. The second kappa shape index (κ2) is 19.8. The van der Waals surface area contributed by atoms with Crippen LogP contribution >= 0.6 is 0 Å². The number of benzene rings is 2. The van der Waals surface area contributed by atoms with Gasteiger partial charge in [0.05, 0.1) is 35.5 Å². The van der Waals surface area contributed by atoms with Gasteiger partial charge in [0.1, 0.15) is 23.4 Å². The van der Waals surface area contributed by atoms with Crippen LogP contribution < -0.4 is 0 Å². The molecular formula is C46H57NO11. The molecule has 2 aromatic carbocycles. The van der Waals surface area contributed by atoms with E-state index in [1.807, 2.05) is 49.4 Å². The molecule has 0 aliphatic carbocycles. The summed E-state index contributed by atoms with van der Waals surface area (Å²) in [4.78, 5) is 71.7. The summed E-state index contributed by atoms with van der Waals surface area (Å²) in [5.74, 6) is -4.85. The van der Waals surface area contributed by atoms with Gasteiger partial charge >= 0.3 is 11.9 Å².